The van der Waals surface area contributed by atoms with Gasteiger partial charge in [-0.25, -0.2) is 8.42 Å². The van der Waals surface area contributed by atoms with Crippen molar-refractivity contribution in [2.45, 2.75) is 16.8 Å². The summed E-state index contributed by atoms with van der Waals surface area (Å²) in [6, 6.07) is 2.57. The highest BCUT2D eigenvalue weighted by Crippen LogP contribution is 2.28. The Morgan fingerprint density at radius 2 is 1.90 bits per heavy atom. The van der Waals surface area contributed by atoms with Crippen molar-refractivity contribution in [3.8, 4) is 0 Å². The lowest BCUT2D eigenvalue weighted by Gasteiger charge is -2.07. The second-order valence-electron chi connectivity index (χ2n) is 4.17. The summed E-state index contributed by atoms with van der Waals surface area (Å²) in [5.74, 6) is -0.615. The molecular weight excluding hydrogens is 309 g/mol. The summed E-state index contributed by atoms with van der Waals surface area (Å²) in [6.45, 7) is 0. The number of aromatic nitrogens is 2. The molecule has 0 aliphatic carbocycles. The van der Waals surface area contributed by atoms with Crippen molar-refractivity contribution in [2.24, 2.45) is 0 Å². The third-order valence-corrected chi connectivity index (χ3v) is 4.29. The van der Waals surface area contributed by atoms with E-state index in [4.69, 9.17) is 0 Å². The molecule has 0 unspecified atom stereocenters. The summed E-state index contributed by atoms with van der Waals surface area (Å²) in [4.78, 5) is 16.8. The lowest BCUT2D eigenvalue weighted by molar-refractivity contribution is -0.141. The molecule has 0 bridgehead atoms. The Bertz CT molecular complexity index is 795. The fourth-order valence-corrected chi connectivity index (χ4v) is 2.87. The molecule has 0 amide bonds. The molecule has 0 saturated heterocycles. The first kappa shape index (κ1) is 15.2. The fourth-order valence-electron chi connectivity index (χ4n) is 1.58. The van der Waals surface area contributed by atoms with Crippen molar-refractivity contribution in [1.82, 2.24) is 9.97 Å². The average molecular weight is 318 g/mol. The molecule has 0 saturated carbocycles. The van der Waals surface area contributed by atoms with Crippen molar-refractivity contribution in [2.75, 3.05) is 0 Å². The van der Waals surface area contributed by atoms with Crippen molar-refractivity contribution in [3.63, 3.8) is 0 Å². The zero-order chi connectivity index (χ0) is 15.7. The lowest BCUT2D eigenvalue weighted by Crippen LogP contribution is -2.15. The molecule has 0 aliphatic rings. The largest absolute Gasteiger partial charge is 0.433 e. The first-order valence-corrected chi connectivity index (χ1v) is 7.27. The maximum Gasteiger partial charge on any atom is 0.433 e. The highest BCUT2D eigenvalue weighted by molar-refractivity contribution is 7.90. The molecule has 0 spiro atoms. The smallest absolute Gasteiger partial charge is 0.367 e. The molecule has 5 nitrogen and oxygen atoms in total. The van der Waals surface area contributed by atoms with E-state index in [2.05, 4.69) is 9.97 Å². The number of rotatable bonds is 3. The molecular formula is C12H9F3N2O3S. The van der Waals surface area contributed by atoms with Crippen LogP contribution in [-0.2, 0) is 21.8 Å². The van der Waals surface area contributed by atoms with Gasteiger partial charge in [0, 0.05) is 30.2 Å². The first-order chi connectivity index (χ1) is 9.70. The zero-order valence-corrected chi connectivity index (χ0v) is 11.2. The second kappa shape index (κ2) is 5.32. The van der Waals surface area contributed by atoms with Gasteiger partial charge in [-0.15, -0.1) is 0 Å². The second-order valence-corrected chi connectivity index (χ2v) is 6.16. The quantitative estimate of drug-likeness (QED) is 0.935. The predicted octanol–water partition coefficient (Wildman–Crippen LogP) is 1.76. The Morgan fingerprint density at radius 3 is 2.43 bits per heavy atom. The van der Waals surface area contributed by atoms with Gasteiger partial charge in [-0.05, 0) is 12.1 Å². The van der Waals surface area contributed by atoms with Crippen LogP contribution in [0.4, 0.5) is 13.2 Å². The minimum Gasteiger partial charge on any atom is -0.367 e. The average Bonchev–Trinajstić information content (AvgIpc) is 2.40. The SMILES string of the molecule is O=c1cc[nH]cc1CS(=O)(=O)c1ccc(C(F)(F)F)nc1. The Morgan fingerprint density at radius 1 is 1.19 bits per heavy atom. The van der Waals surface area contributed by atoms with Crippen molar-refractivity contribution < 1.29 is 21.6 Å². The van der Waals surface area contributed by atoms with Gasteiger partial charge in [0.25, 0.3) is 0 Å². The van der Waals surface area contributed by atoms with Crippen LogP contribution in [0.2, 0.25) is 0 Å². The van der Waals surface area contributed by atoms with Gasteiger partial charge in [0.2, 0.25) is 0 Å². The standard InChI is InChI=1S/C12H9F3N2O3S/c13-12(14,15)11-2-1-9(6-17-11)21(19,20)7-8-5-16-4-3-10(8)18/h1-6H,7H2,(H,16,18). The Kier molecular flexibility index (Phi) is 3.86. The van der Waals surface area contributed by atoms with Crippen molar-refractivity contribution in [3.05, 3.63) is 58.3 Å². The number of nitrogens with one attached hydrogen (secondary N) is 1. The van der Waals surface area contributed by atoms with E-state index in [9.17, 15) is 26.4 Å². The molecule has 0 aliphatic heterocycles. The van der Waals surface area contributed by atoms with Gasteiger partial charge in [0.1, 0.15) is 5.69 Å². The highest BCUT2D eigenvalue weighted by atomic mass is 32.2. The summed E-state index contributed by atoms with van der Waals surface area (Å²) < 4.78 is 61.2. The monoisotopic (exact) mass is 318 g/mol. The molecule has 21 heavy (non-hydrogen) atoms. The van der Waals surface area contributed by atoms with Crippen LogP contribution < -0.4 is 5.43 Å². The zero-order valence-electron chi connectivity index (χ0n) is 10.4. The third kappa shape index (κ3) is 3.48. The molecule has 0 aromatic carbocycles. The number of hydrogen-bond donors (Lipinski definition) is 1. The molecule has 1 N–H and O–H groups in total. The first-order valence-electron chi connectivity index (χ1n) is 5.62. The van der Waals surface area contributed by atoms with Crippen LogP contribution in [0.3, 0.4) is 0 Å². The van der Waals surface area contributed by atoms with Crippen LogP contribution >= 0.6 is 0 Å². The van der Waals surface area contributed by atoms with E-state index in [-0.39, 0.29) is 10.5 Å². The van der Waals surface area contributed by atoms with Gasteiger partial charge >= 0.3 is 6.18 Å². The Labute approximate surface area is 117 Å². The summed E-state index contributed by atoms with van der Waals surface area (Å²) in [5, 5.41) is 0. The van der Waals surface area contributed by atoms with Crippen LogP contribution in [0, 0.1) is 0 Å². The summed E-state index contributed by atoms with van der Waals surface area (Å²) in [7, 11) is -3.95. The van der Waals surface area contributed by atoms with E-state index in [0.717, 1.165) is 12.1 Å². The number of nitrogens with zero attached hydrogens (tertiary/aromatic N) is 1. The maximum atomic E-state index is 12.4. The number of H-pyrrole nitrogens is 1. The summed E-state index contributed by atoms with van der Waals surface area (Å²) in [5.41, 5.74) is -1.66. The predicted molar refractivity (Wildman–Crippen MR) is 67.2 cm³/mol. The molecule has 0 atom stereocenters. The highest BCUT2D eigenvalue weighted by Gasteiger charge is 2.32. The maximum absolute atomic E-state index is 12.4. The van der Waals surface area contributed by atoms with E-state index in [1.807, 2.05) is 0 Å². The topological polar surface area (TPSA) is 79.9 Å². The van der Waals surface area contributed by atoms with E-state index >= 15 is 0 Å². The molecule has 9 heteroatoms. The molecule has 0 fully saturated rings. The van der Waals surface area contributed by atoms with E-state index in [1.165, 1.54) is 12.4 Å². The van der Waals surface area contributed by atoms with Crippen LogP contribution in [0.15, 0.2) is 46.5 Å². The number of hydrogen-bond acceptors (Lipinski definition) is 4. The summed E-state index contributed by atoms with van der Waals surface area (Å²) >= 11 is 0. The van der Waals surface area contributed by atoms with Gasteiger partial charge < -0.3 is 4.98 Å². The number of alkyl halides is 3. The van der Waals surface area contributed by atoms with E-state index in [0.29, 0.717) is 12.3 Å². The van der Waals surface area contributed by atoms with Gasteiger partial charge in [0.05, 0.1) is 10.6 Å². The molecule has 0 radical (unpaired) electrons. The molecule has 2 aromatic rings. The summed E-state index contributed by atoms with van der Waals surface area (Å²) in [6.07, 6.45) is -1.43. The molecule has 2 aromatic heterocycles. The number of halogens is 3. The Hall–Kier alpha value is -2.16. The minimum atomic E-state index is -4.64. The van der Waals surface area contributed by atoms with Crippen LogP contribution in [0.25, 0.3) is 0 Å². The van der Waals surface area contributed by atoms with Crippen LogP contribution in [-0.4, -0.2) is 18.4 Å². The number of sulfone groups is 1. The number of pyridine rings is 2. The van der Waals surface area contributed by atoms with E-state index in [1.54, 1.807) is 0 Å². The Balaban J connectivity index is 2.33. The lowest BCUT2D eigenvalue weighted by atomic mass is 10.3. The molecule has 112 valence electrons. The van der Waals surface area contributed by atoms with Crippen molar-refractivity contribution >= 4 is 9.84 Å². The normalized spacial score (nSPS) is 12.3. The minimum absolute atomic E-state index is 0.00241. The van der Waals surface area contributed by atoms with Gasteiger partial charge in [-0.1, -0.05) is 0 Å². The fraction of sp³-hybridized carbons (Fsp3) is 0.167. The number of aromatic amines is 1. The molecule has 2 rings (SSSR count). The van der Waals surface area contributed by atoms with Crippen LogP contribution in [0.1, 0.15) is 11.3 Å². The van der Waals surface area contributed by atoms with E-state index < -0.39 is 32.9 Å². The third-order valence-electron chi connectivity index (χ3n) is 2.64. The molecule has 2 heterocycles. The van der Waals surface area contributed by atoms with Gasteiger partial charge in [-0.2, -0.15) is 13.2 Å². The van der Waals surface area contributed by atoms with Crippen molar-refractivity contribution in [1.29, 1.82) is 0 Å². The van der Waals surface area contributed by atoms with Gasteiger partial charge in [-0.3, -0.25) is 9.78 Å². The van der Waals surface area contributed by atoms with Gasteiger partial charge in [0.15, 0.2) is 15.3 Å². The van der Waals surface area contributed by atoms with Crippen LogP contribution in [0.5, 0.6) is 0 Å².